The number of aromatic nitrogens is 2. The molecular weight excluding hydrogens is 217 g/mol. The van der Waals surface area contributed by atoms with E-state index in [1.165, 1.54) is 18.5 Å². The monoisotopic (exact) mass is 231 g/mol. The number of hydrogen-bond donors (Lipinski definition) is 1. The summed E-state index contributed by atoms with van der Waals surface area (Å²) in [5.41, 5.74) is 3.49. The van der Waals surface area contributed by atoms with E-state index in [9.17, 15) is 4.39 Å². The molecule has 17 heavy (non-hydrogen) atoms. The van der Waals surface area contributed by atoms with Gasteiger partial charge in [0, 0.05) is 18.2 Å². The van der Waals surface area contributed by atoms with Crippen LogP contribution in [0.2, 0.25) is 0 Å². The van der Waals surface area contributed by atoms with E-state index in [1.807, 2.05) is 13.8 Å². The smallest absolute Gasteiger partial charge is 0.132 e. The summed E-state index contributed by atoms with van der Waals surface area (Å²) >= 11 is 0. The van der Waals surface area contributed by atoms with Crippen molar-refractivity contribution in [2.24, 2.45) is 0 Å². The Kier molecular flexibility index (Phi) is 3.04. The Hall–Kier alpha value is -1.97. The molecule has 1 heterocycles. The van der Waals surface area contributed by atoms with E-state index < -0.39 is 0 Å². The Bertz CT molecular complexity index is 552. The molecule has 0 aliphatic heterocycles. The van der Waals surface area contributed by atoms with Gasteiger partial charge in [0.25, 0.3) is 0 Å². The molecule has 0 saturated heterocycles. The molecule has 1 N–H and O–H groups in total. The number of hydrogen-bond acceptors (Lipinski definition) is 3. The van der Waals surface area contributed by atoms with Crippen molar-refractivity contribution >= 4 is 5.82 Å². The van der Waals surface area contributed by atoms with Gasteiger partial charge < -0.3 is 5.32 Å². The molecule has 0 unspecified atom stereocenters. The molecule has 0 aliphatic carbocycles. The Morgan fingerprint density at radius 1 is 1.18 bits per heavy atom. The number of halogens is 1. The molecule has 2 rings (SSSR count). The standard InChI is InChI=1S/C13H14FN3/c1-8-4-5-10(14)6-11(8)12-9(2)13(15-3)17-7-16-12/h4-7H,1-3H3,(H,15,16,17). The highest BCUT2D eigenvalue weighted by Crippen LogP contribution is 2.27. The molecule has 0 aliphatic rings. The van der Waals surface area contributed by atoms with Crippen molar-refractivity contribution in [3.8, 4) is 11.3 Å². The summed E-state index contributed by atoms with van der Waals surface area (Å²) in [4.78, 5) is 8.36. The quantitative estimate of drug-likeness (QED) is 0.863. The first kappa shape index (κ1) is 11.5. The summed E-state index contributed by atoms with van der Waals surface area (Å²) in [7, 11) is 1.80. The Balaban J connectivity index is 2.64. The molecular formula is C13H14FN3. The van der Waals surface area contributed by atoms with Gasteiger partial charge in [0.15, 0.2) is 0 Å². The van der Waals surface area contributed by atoms with Crippen LogP contribution < -0.4 is 5.32 Å². The van der Waals surface area contributed by atoms with Crippen LogP contribution in [0.25, 0.3) is 11.3 Å². The van der Waals surface area contributed by atoms with E-state index in [0.29, 0.717) is 0 Å². The van der Waals surface area contributed by atoms with Crippen LogP contribution in [0.4, 0.5) is 10.2 Å². The number of nitrogens with one attached hydrogen (secondary N) is 1. The van der Waals surface area contributed by atoms with Gasteiger partial charge in [-0.3, -0.25) is 0 Å². The minimum absolute atomic E-state index is 0.255. The highest BCUT2D eigenvalue weighted by atomic mass is 19.1. The summed E-state index contributed by atoms with van der Waals surface area (Å²) in [6, 6.07) is 4.71. The highest BCUT2D eigenvalue weighted by Gasteiger charge is 2.11. The lowest BCUT2D eigenvalue weighted by Gasteiger charge is -2.11. The summed E-state index contributed by atoms with van der Waals surface area (Å²) in [5, 5.41) is 2.99. The van der Waals surface area contributed by atoms with Crippen LogP contribution in [0.3, 0.4) is 0 Å². The largest absolute Gasteiger partial charge is 0.373 e. The van der Waals surface area contributed by atoms with Crippen LogP contribution in [0.1, 0.15) is 11.1 Å². The average molecular weight is 231 g/mol. The molecule has 88 valence electrons. The normalized spacial score (nSPS) is 10.4. The lowest BCUT2D eigenvalue weighted by atomic mass is 10.0. The maximum Gasteiger partial charge on any atom is 0.132 e. The molecule has 4 heteroatoms. The van der Waals surface area contributed by atoms with Crippen LogP contribution in [-0.2, 0) is 0 Å². The fourth-order valence-corrected chi connectivity index (χ4v) is 1.82. The summed E-state index contributed by atoms with van der Waals surface area (Å²) in [6.45, 7) is 3.86. The minimum atomic E-state index is -0.255. The molecule has 0 saturated carbocycles. The van der Waals surface area contributed by atoms with Crippen LogP contribution >= 0.6 is 0 Å². The molecule has 0 bridgehead atoms. The van der Waals surface area contributed by atoms with Gasteiger partial charge >= 0.3 is 0 Å². The van der Waals surface area contributed by atoms with Gasteiger partial charge in [-0.25, -0.2) is 14.4 Å². The van der Waals surface area contributed by atoms with Gasteiger partial charge in [-0.05, 0) is 31.5 Å². The van der Waals surface area contributed by atoms with Crippen LogP contribution in [0.15, 0.2) is 24.5 Å². The van der Waals surface area contributed by atoms with Crippen molar-refractivity contribution in [2.75, 3.05) is 12.4 Å². The van der Waals surface area contributed by atoms with Crippen molar-refractivity contribution in [3.63, 3.8) is 0 Å². The van der Waals surface area contributed by atoms with Crippen molar-refractivity contribution in [3.05, 3.63) is 41.5 Å². The highest BCUT2D eigenvalue weighted by molar-refractivity contribution is 5.70. The lowest BCUT2D eigenvalue weighted by molar-refractivity contribution is 0.628. The third-order valence-corrected chi connectivity index (χ3v) is 2.78. The van der Waals surface area contributed by atoms with Crippen LogP contribution in [-0.4, -0.2) is 17.0 Å². The number of aryl methyl sites for hydroxylation is 1. The van der Waals surface area contributed by atoms with E-state index in [-0.39, 0.29) is 5.82 Å². The Labute approximate surface area is 99.7 Å². The number of rotatable bonds is 2. The van der Waals surface area contributed by atoms with Crippen LogP contribution in [0, 0.1) is 19.7 Å². The van der Waals surface area contributed by atoms with Gasteiger partial charge in [-0.1, -0.05) is 6.07 Å². The Morgan fingerprint density at radius 2 is 1.94 bits per heavy atom. The molecule has 1 aromatic heterocycles. The maximum absolute atomic E-state index is 13.3. The molecule has 0 spiro atoms. The third-order valence-electron chi connectivity index (χ3n) is 2.78. The van der Waals surface area contributed by atoms with Gasteiger partial charge in [0.05, 0.1) is 5.69 Å². The van der Waals surface area contributed by atoms with E-state index in [1.54, 1.807) is 13.1 Å². The molecule has 3 nitrogen and oxygen atoms in total. The van der Waals surface area contributed by atoms with Crippen molar-refractivity contribution in [1.29, 1.82) is 0 Å². The summed E-state index contributed by atoms with van der Waals surface area (Å²) in [5.74, 6) is 0.508. The number of anilines is 1. The predicted octanol–water partition coefficient (Wildman–Crippen LogP) is 2.94. The topological polar surface area (TPSA) is 37.8 Å². The summed E-state index contributed by atoms with van der Waals surface area (Å²) in [6.07, 6.45) is 1.48. The zero-order valence-electron chi connectivity index (χ0n) is 10.1. The molecule has 1 aromatic carbocycles. The second-order valence-electron chi connectivity index (χ2n) is 3.91. The fourth-order valence-electron chi connectivity index (χ4n) is 1.82. The molecule has 0 atom stereocenters. The summed E-state index contributed by atoms with van der Waals surface area (Å²) < 4.78 is 13.3. The van der Waals surface area contributed by atoms with Gasteiger partial charge in [-0.15, -0.1) is 0 Å². The number of benzene rings is 1. The maximum atomic E-state index is 13.3. The zero-order valence-corrected chi connectivity index (χ0v) is 10.1. The van der Waals surface area contributed by atoms with Gasteiger partial charge in [0.1, 0.15) is 18.0 Å². The number of nitrogens with zero attached hydrogens (tertiary/aromatic N) is 2. The van der Waals surface area contributed by atoms with Gasteiger partial charge in [-0.2, -0.15) is 0 Å². The van der Waals surface area contributed by atoms with E-state index >= 15 is 0 Å². The first-order chi connectivity index (χ1) is 8.13. The third kappa shape index (κ3) is 2.11. The van der Waals surface area contributed by atoms with Crippen molar-refractivity contribution in [1.82, 2.24) is 9.97 Å². The Morgan fingerprint density at radius 3 is 2.65 bits per heavy atom. The predicted molar refractivity (Wildman–Crippen MR) is 66.4 cm³/mol. The second kappa shape index (κ2) is 4.49. The average Bonchev–Trinajstić information content (AvgIpc) is 2.33. The van der Waals surface area contributed by atoms with E-state index in [2.05, 4.69) is 15.3 Å². The second-order valence-corrected chi connectivity index (χ2v) is 3.91. The molecule has 0 fully saturated rings. The first-order valence-corrected chi connectivity index (χ1v) is 5.39. The SMILES string of the molecule is CNc1ncnc(-c2cc(F)ccc2C)c1C. The molecule has 0 amide bonds. The fraction of sp³-hybridized carbons (Fsp3) is 0.231. The lowest BCUT2D eigenvalue weighted by Crippen LogP contribution is -2.00. The zero-order chi connectivity index (χ0) is 12.4. The van der Waals surface area contributed by atoms with Gasteiger partial charge in [0.2, 0.25) is 0 Å². The van der Waals surface area contributed by atoms with Crippen molar-refractivity contribution < 1.29 is 4.39 Å². The minimum Gasteiger partial charge on any atom is -0.373 e. The van der Waals surface area contributed by atoms with E-state index in [0.717, 1.165) is 28.2 Å². The molecule has 0 radical (unpaired) electrons. The van der Waals surface area contributed by atoms with Crippen LogP contribution in [0.5, 0.6) is 0 Å². The van der Waals surface area contributed by atoms with E-state index in [4.69, 9.17) is 0 Å². The first-order valence-electron chi connectivity index (χ1n) is 5.39. The molecule has 2 aromatic rings. The van der Waals surface area contributed by atoms with Crippen molar-refractivity contribution in [2.45, 2.75) is 13.8 Å².